The van der Waals surface area contributed by atoms with E-state index in [1.807, 2.05) is 6.07 Å². The molecule has 1 amide bonds. The number of carbonyl (C=O) groups is 1. The Kier molecular flexibility index (Phi) is 4.42. The van der Waals surface area contributed by atoms with Gasteiger partial charge in [0.1, 0.15) is 0 Å². The highest BCUT2D eigenvalue weighted by atomic mass is 19.4. The Labute approximate surface area is 194 Å². The molecule has 3 aromatic carbocycles. The van der Waals surface area contributed by atoms with Crippen LogP contribution in [-0.2, 0) is 16.4 Å². The molecule has 1 aliphatic carbocycles. The summed E-state index contributed by atoms with van der Waals surface area (Å²) in [6.07, 6.45) is -1.50. The molecule has 5 nitrogen and oxygen atoms in total. The van der Waals surface area contributed by atoms with Crippen LogP contribution in [0, 0.1) is 0 Å². The molecule has 174 valence electrons. The second-order valence-electron chi connectivity index (χ2n) is 8.64. The van der Waals surface area contributed by atoms with Gasteiger partial charge in [-0.05, 0) is 83.4 Å². The lowest BCUT2D eigenvalue weighted by molar-refractivity contribution is -0.137. The number of fused-ring (bicyclic) bond motifs is 2. The fraction of sp³-hybridized carbons (Fsp3) is 0.192. The molecule has 6 rings (SSSR count). The number of anilines is 1. The molecule has 0 bridgehead atoms. The molecule has 0 spiro atoms. The summed E-state index contributed by atoms with van der Waals surface area (Å²) < 4.78 is 52.2. The average molecular weight is 466 g/mol. The van der Waals surface area contributed by atoms with Gasteiger partial charge >= 0.3 is 6.18 Å². The number of nitrogens with one attached hydrogen (secondary N) is 2. The van der Waals surface area contributed by atoms with Crippen molar-refractivity contribution >= 4 is 22.5 Å². The van der Waals surface area contributed by atoms with Gasteiger partial charge in [0.15, 0.2) is 11.5 Å². The average Bonchev–Trinajstić information content (AvgIpc) is 3.27. The molecule has 34 heavy (non-hydrogen) atoms. The van der Waals surface area contributed by atoms with Gasteiger partial charge < -0.3 is 19.8 Å². The minimum absolute atomic E-state index is 0. The number of H-pyrrole nitrogens is 1. The van der Waals surface area contributed by atoms with Gasteiger partial charge in [-0.3, -0.25) is 4.79 Å². The number of hydrogen-bond acceptors (Lipinski definition) is 3. The summed E-state index contributed by atoms with van der Waals surface area (Å²) in [6.45, 7) is 0.140. The van der Waals surface area contributed by atoms with Crippen LogP contribution in [0.25, 0.3) is 22.0 Å². The van der Waals surface area contributed by atoms with Crippen molar-refractivity contribution in [3.63, 3.8) is 0 Å². The highest BCUT2D eigenvalue weighted by Gasteiger charge is 2.51. The van der Waals surface area contributed by atoms with Gasteiger partial charge in [-0.2, -0.15) is 13.2 Å². The number of benzene rings is 3. The number of alkyl halides is 3. The van der Waals surface area contributed by atoms with Gasteiger partial charge in [-0.15, -0.1) is 0 Å². The fourth-order valence-corrected chi connectivity index (χ4v) is 4.55. The Morgan fingerprint density at radius 2 is 1.79 bits per heavy atom. The highest BCUT2D eigenvalue weighted by Crippen LogP contribution is 2.51. The number of amides is 1. The van der Waals surface area contributed by atoms with Crippen molar-refractivity contribution < 1.29 is 28.9 Å². The van der Waals surface area contributed by atoms with Gasteiger partial charge in [-0.1, -0.05) is 12.1 Å². The molecule has 1 aromatic heterocycles. The third-order valence-electron chi connectivity index (χ3n) is 6.56. The zero-order valence-electron chi connectivity index (χ0n) is 17.8. The number of ether oxygens (including phenoxy) is 2. The van der Waals surface area contributed by atoms with Crippen molar-refractivity contribution in [1.82, 2.24) is 4.98 Å². The zero-order chi connectivity index (χ0) is 23.5. The van der Waals surface area contributed by atoms with Crippen LogP contribution < -0.4 is 14.8 Å². The van der Waals surface area contributed by atoms with Crippen LogP contribution in [0.4, 0.5) is 18.9 Å². The van der Waals surface area contributed by atoms with Gasteiger partial charge in [0.25, 0.3) is 0 Å². The second kappa shape index (κ2) is 7.28. The van der Waals surface area contributed by atoms with Crippen LogP contribution in [0.3, 0.4) is 0 Å². The van der Waals surface area contributed by atoms with E-state index in [4.69, 9.17) is 9.47 Å². The van der Waals surface area contributed by atoms with E-state index in [-0.39, 0.29) is 19.7 Å². The van der Waals surface area contributed by atoms with Gasteiger partial charge in [0, 0.05) is 18.8 Å². The molecular formula is C26H21F3N2O3. The summed E-state index contributed by atoms with van der Waals surface area (Å²) in [5.41, 5.74) is 0.911. The lowest BCUT2D eigenvalue weighted by Gasteiger charge is -2.19. The summed E-state index contributed by atoms with van der Waals surface area (Å²) in [6, 6.07) is 16.0. The Morgan fingerprint density at radius 3 is 2.59 bits per heavy atom. The third-order valence-corrected chi connectivity index (χ3v) is 6.56. The molecule has 0 saturated heterocycles. The summed E-state index contributed by atoms with van der Waals surface area (Å²) in [4.78, 5) is 16.3. The van der Waals surface area contributed by atoms with Gasteiger partial charge in [0.05, 0.1) is 11.0 Å². The fourth-order valence-electron chi connectivity index (χ4n) is 4.55. The first-order chi connectivity index (χ1) is 16.3. The zero-order valence-corrected chi connectivity index (χ0v) is 17.8. The molecule has 1 fully saturated rings. The Hall–Kier alpha value is -3.94. The van der Waals surface area contributed by atoms with Crippen LogP contribution in [0.2, 0.25) is 0 Å². The summed E-state index contributed by atoms with van der Waals surface area (Å²) in [5, 5.41) is 3.65. The van der Waals surface area contributed by atoms with E-state index in [9.17, 15) is 18.0 Å². The molecule has 2 heterocycles. The van der Waals surface area contributed by atoms with E-state index >= 15 is 0 Å². The standard InChI is InChI=1S/C26H19F3N2O3.H2/c27-26(28,29)20-4-3-18(13-19(20)15-1-5-21-16(11-15)7-10-30-21)31-24(32)25(8-9-25)17-2-6-22-23(12-17)34-14-33-22;/h1-7,10-13,30H,8-9,14H2,(H,31,32);1H. The van der Waals surface area contributed by atoms with E-state index in [0.717, 1.165) is 22.5 Å². The second-order valence-corrected chi connectivity index (χ2v) is 8.64. The number of aromatic amines is 1. The van der Waals surface area contributed by atoms with E-state index < -0.39 is 17.2 Å². The van der Waals surface area contributed by atoms with Crippen molar-refractivity contribution in [1.29, 1.82) is 0 Å². The van der Waals surface area contributed by atoms with Gasteiger partial charge in [-0.25, -0.2) is 0 Å². The van der Waals surface area contributed by atoms with Gasteiger partial charge in [0.2, 0.25) is 12.7 Å². The van der Waals surface area contributed by atoms with E-state index in [1.165, 1.54) is 12.1 Å². The van der Waals surface area contributed by atoms with Crippen molar-refractivity contribution in [2.24, 2.45) is 0 Å². The predicted molar refractivity (Wildman–Crippen MR) is 123 cm³/mol. The molecule has 2 N–H and O–H groups in total. The largest absolute Gasteiger partial charge is 0.454 e. The molecule has 8 heteroatoms. The van der Waals surface area contributed by atoms with Crippen LogP contribution in [-0.4, -0.2) is 17.7 Å². The van der Waals surface area contributed by atoms with E-state index in [0.29, 0.717) is 35.6 Å². The van der Waals surface area contributed by atoms with Crippen LogP contribution in [0.15, 0.2) is 66.9 Å². The summed E-state index contributed by atoms with van der Waals surface area (Å²) in [7, 11) is 0. The molecule has 0 unspecified atom stereocenters. The molecule has 1 saturated carbocycles. The Bertz CT molecular complexity index is 1440. The maximum atomic E-state index is 13.8. The summed E-state index contributed by atoms with van der Waals surface area (Å²) in [5.74, 6) is 0.971. The smallest absolute Gasteiger partial charge is 0.417 e. The van der Waals surface area contributed by atoms with Crippen molar-refractivity contribution in [2.45, 2.75) is 24.4 Å². The first kappa shape index (κ1) is 20.7. The Morgan fingerprint density at radius 1 is 0.971 bits per heavy atom. The van der Waals surface area contributed by atoms with Crippen molar-refractivity contribution in [3.8, 4) is 22.6 Å². The SMILES string of the molecule is O=C(Nc1ccc(C(F)(F)F)c(-c2ccc3[nH]ccc3c2)c1)C1(c2ccc3c(c2)OCO3)CC1.[HH]. The normalized spacial score (nSPS) is 16.0. The highest BCUT2D eigenvalue weighted by molar-refractivity contribution is 6.02. The van der Waals surface area contributed by atoms with Crippen LogP contribution in [0.5, 0.6) is 11.5 Å². The van der Waals surface area contributed by atoms with E-state index in [2.05, 4.69) is 10.3 Å². The van der Waals surface area contributed by atoms with Crippen LogP contribution >= 0.6 is 0 Å². The first-order valence-corrected chi connectivity index (χ1v) is 10.8. The molecular weight excluding hydrogens is 445 g/mol. The van der Waals surface area contributed by atoms with E-state index in [1.54, 1.807) is 42.6 Å². The topological polar surface area (TPSA) is 63.4 Å². The quantitative estimate of drug-likeness (QED) is 0.361. The third kappa shape index (κ3) is 3.37. The molecule has 1 aliphatic heterocycles. The minimum atomic E-state index is -4.53. The predicted octanol–water partition coefficient (Wildman–Crippen LogP) is 6.50. The summed E-state index contributed by atoms with van der Waals surface area (Å²) >= 11 is 0. The Balaban J connectivity index is 0.00000253. The molecule has 4 aromatic rings. The maximum Gasteiger partial charge on any atom is 0.417 e. The lowest BCUT2D eigenvalue weighted by atomic mass is 9.94. The molecule has 0 radical (unpaired) electrons. The number of hydrogen-bond donors (Lipinski definition) is 2. The number of carbonyl (C=O) groups excluding carboxylic acids is 1. The molecule has 2 aliphatic rings. The maximum absolute atomic E-state index is 13.8. The van der Waals surface area contributed by atoms with Crippen molar-refractivity contribution in [2.75, 3.05) is 12.1 Å². The number of aromatic nitrogens is 1. The number of rotatable bonds is 4. The number of halogens is 3. The monoisotopic (exact) mass is 466 g/mol. The van der Waals surface area contributed by atoms with Crippen molar-refractivity contribution in [3.05, 3.63) is 78.0 Å². The molecule has 0 atom stereocenters. The first-order valence-electron chi connectivity index (χ1n) is 10.8. The van der Waals surface area contributed by atoms with Crippen LogP contribution in [0.1, 0.15) is 25.4 Å². The minimum Gasteiger partial charge on any atom is -0.454 e. The lowest BCUT2D eigenvalue weighted by Crippen LogP contribution is -2.27.